The van der Waals surface area contributed by atoms with Crippen molar-refractivity contribution in [1.29, 1.82) is 0 Å². The predicted molar refractivity (Wildman–Crippen MR) is 98.6 cm³/mol. The standard InChI is InChI=1S/C20H29NO5/c1-20(2,3)8-6-18(22)21-9-7-13-10-16(25-4)17(26-5)11-14(13)15(21)12-19(23)24/h10-11,15H,6-9,12H2,1-5H3,(H,23,24). The molecule has 0 radical (unpaired) electrons. The molecule has 1 aromatic rings. The van der Waals surface area contributed by atoms with Crippen molar-refractivity contribution >= 4 is 11.9 Å². The number of carbonyl (C=O) groups excluding carboxylic acids is 1. The lowest BCUT2D eigenvalue weighted by atomic mass is 9.87. The van der Waals surface area contributed by atoms with E-state index in [1.807, 2.05) is 12.1 Å². The molecule has 26 heavy (non-hydrogen) atoms. The Morgan fingerprint density at radius 3 is 2.35 bits per heavy atom. The second-order valence-corrected chi connectivity index (χ2v) is 7.92. The van der Waals surface area contributed by atoms with E-state index in [-0.39, 0.29) is 17.7 Å². The Morgan fingerprint density at radius 2 is 1.81 bits per heavy atom. The first kappa shape index (κ1) is 20.1. The Kier molecular flexibility index (Phi) is 6.16. The highest BCUT2D eigenvalue weighted by Gasteiger charge is 2.33. The van der Waals surface area contributed by atoms with Gasteiger partial charge in [0.2, 0.25) is 5.91 Å². The van der Waals surface area contributed by atoms with Crippen molar-refractivity contribution in [2.45, 2.75) is 52.5 Å². The third-order valence-corrected chi connectivity index (χ3v) is 4.78. The number of nitrogens with zero attached hydrogens (tertiary/aromatic N) is 1. The van der Waals surface area contributed by atoms with Crippen molar-refractivity contribution in [1.82, 2.24) is 4.90 Å². The van der Waals surface area contributed by atoms with Gasteiger partial charge in [-0.3, -0.25) is 9.59 Å². The third-order valence-electron chi connectivity index (χ3n) is 4.78. The van der Waals surface area contributed by atoms with E-state index >= 15 is 0 Å². The molecule has 1 N–H and O–H groups in total. The normalized spacial score (nSPS) is 16.8. The number of benzene rings is 1. The van der Waals surface area contributed by atoms with E-state index < -0.39 is 12.0 Å². The van der Waals surface area contributed by atoms with Gasteiger partial charge >= 0.3 is 5.97 Å². The van der Waals surface area contributed by atoms with Crippen LogP contribution in [0.25, 0.3) is 0 Å². The second kappa shape index (κ2) is 7.98. The van der Waals surface area contributed by atoms with Crippen LogP contribution in [0.3, 0.4) is 0 Å². The molecule has 0 spiro atoms. The summed E-state index contributed by atoms with van der Waals surface area (Å²) >= 11 is 0. The third kappa shape index (κ3) is 4.68. The summed E-state index contributed by atoms with van der Waals surface area (Å²) in [5.74, 6) is 0.247. The van der Waals surface area contributed by atoms with Crippen LogP contribution in [0.4, 0.5) is 0 Å². The Hall–Kier alpha value is -2.24. The molecular formula is C20H29NO5. The smallest absolute Gasteiger partial charge is 0.305 e. The molecule has 0 saturated heterocycles. The number of carboxylic acids is 1. The SMILES string of the molecule is COc1cc2c(cc1OC)C(CC(=O)O)N(C(=O)CCC(C)(C)C)CC2. The molecule has 0 fully saturated rings. The Bertz CT molecular complexity index is 678. The summed E-state index contributed by atoms with van der Waals surface area (Å²) in [6.45, 7) is 6.80. The minimum atomic E-state index is -0.925. The number of carbonyl (C=O) groups is 2. The topological polar surface area (TPSA) is 76.1 Å². The Labute approximate surface area is 155 Å². The molecule has 0 aromatic heterocycles. The fraction of sp³-hybridized carbons (Fsp3) is 0.600. The average Bonchev–Trinajstić information content (AvgIpc) is 2.57. The number of methoxy groups -OCH3 is 2. The molecule has 0 bridgehead atoms. The van der Waals surface area contributed by atoms with Gasteiger partial charge < -0.3 is 19.5 Å². The summed E-state index contributed by atoms with van der Waals surface area (Å²) in [5.41, 5.74) is 1.90. The number of fused-ring (bicyclic) bond motifs is 1. The molecular weight excluding hydrogens is 334 g/mol. The zero-order valence-electron chi connectivity index (χ0n) is 16.3. The van der Waals surface area contributed by atoms with Crippen molar-refractivity contribution in [3.63, 3.8) is 0 Å². The van der Waals surface area contributed by atoms with Gasteiger partial charge in [0.05, 0.1) is 26.7 Å². The molecule has 1 unspecified atom stereocenters. The minimum Gasteiger partial charge on any atom is -0.493 e. The summed E-state index contributed by atoms with van der Waals surface area (Å²) in [4.78, 5) is 26.0. The van der Waals surface area contributed by atoms with Crippen molar-refractivity contribution in [3.8, 4) is 11.5 Å². The van der Waals surface area contributed by atoms with Crippen LogP contribution in [-0.4, -0.2) is 42.6 Å². The molecule has 0 saturated carbocycles. The molecule has 1 atom stereocenters. The van der Waals surface area contributed by atoms with Gasteiger partial charge in [0.1, 0.15) is 0 Å². The van der Waals surface area contributed by atoms with Crippen molar-refractivity contribution in [2.24, 2.45) is 5.41 Å². The highest BCUT2D eigenvalue weighted by Crippen LogP contribution is 2.40. The molecule has 1 amide bonds. The first-order valence-corrected chi connectivity index (χ1v) is 8.92. The molecule has 1 aromatic carbocycles. The van der Waals surface area contributed by atoms with Crippen LogP contribution in [0.15, 0.2) is 12.1 Å². The fourth-order valence-corrected chi connectivity index (χ4v) is 3.34. The first-order valence-electron chi connectivity index (χ1n) is 8.92. The summed E-state index contributed by atoms with van der Waals surface area (Å²) in [6, 6.07) is 3.22. The maximum Gasteiger partial charge on any atom is 0.305 e. The number of hydrogen-bond donors (Lipinski definition) is 1. The molecule has 1 aliphatic rings. The van der Waals surface area contributed by atoms with Gasteiger partial charge in [-0.05, 0) is 41.5 Å². The Morgan fingerprint density at radius 1 is 1.19 bits per heavy atom. The summed E-state index contributed by atoms with van der Waals surface area (Å²) in [6.07, 6.45) is 1.74. The average molecular weight is 363 g/mol. The number of aliphatic carboxylic acids is 1. The van der Waals surface area contributed by atoms with E-state index in [0.29, 0.717) is 30.9 Å². The van der Waals surface area contributed by atoms with Crippen LogP contribution >= 0.6 is 0 Å². The largest absolute Gasteiger partial charge is 0.493 e. The Balaban J connectivity index is 2.35. The van der Waals surface area contributed by atoms with Gasteiger partial charge in [-0.2, -0.15) is 0 Å². The lowest BCUT2D eigenvalue weighted by Gasteiger charge is -2.37. The highest BCUT2D eigenvalue weighted by molar-refractivity contribution is 5.78. The second-order valence-electron chi connectivity index (χ2n) is 7.92. The number of ether oxygens (including phenoxy) is 2. The minimum absolute atomic E-state index is 0.00612. The maximum atomic E-state index is 12.8. The van der Waals surface area contributed by atoms with E-state index in [4.69, 9.17) is 9.47 Å². The predicted octanol–water partition coefficient (Wildman–Crippen LogP) is 3.43. The quantitative estimate of drug-likeness (QED) is 0.838. The van der Waals surface area contributed by atoms with Gasteiger partial charge in [-0.15, -0.1) is 0 Å². The van der Waals surface area contributed by atoms with Gasteiger partial charge in [0, 0.05) is 13.0 Å². The van der Waals surface area contributed by atoms with Crippen LogP contribution < -0.4 is 9.47 Å². The number of carboxylic acid groups (broad SMARTS) is 1. The molecule has 1 heterocycles. The van der Waals surface area contributed by atoms with Gasteiger partial charge in [0.15, 0.2) is 11.5 Å². The van der Waals surface area contributed by atoms with Crippen molar-refractivity contribution in [3.05, 3.63) is 23.3 Å². The van der Waals surface area contributed by atoms with Gasteiger partial charge in [0.25, 0.3) is 0 Å². The van der Waals surface area contributed by atoms with Crippen LogP contribution in [0.5, 0.6) is 11.5 Å². The van der Waals surface area contributed by atoms with Crippen LogP contribution in [0, 0.1) is 5.41 Å². The summed E-state index contributed by atoms with van der Waals surface area (Å²) in [7, 11) is 3.12. The molecule has 1 aliphatic heterocycles. The van der Waals surface area contributed by atoms with Crippen LogP contribution in [0.2, 0.25) is 0 Å². The maximum absolute atomic E-state index is 12.8. The lowest BCUT2D eigenvalue weighted by molar-refractivity contribution is -0.141. The van der Waals surface area contributed by atoms with Crippen molar-refractivity contribution in [2.75, 3.05) is 20.8 Å². The summed E-state index contributed by atoms with van der Waals surface area (Å²) < 4.78 is 10.7. The van der Waals surface area contributed by atoms with E-state index in [2.05, 4.69) is 20.8 Å². The van der Waals surface area contributed by atoms with E-state index in [9.17, 15) is 14.7 Å². The van der Waals surface area contributed by atoms with Crippen LogP contribution in [0.1, 0.15) is 57.2 Å². The first-order chi connectivity index (χ1) is 12.2. The fourth-order valence-electron chi connectivity index (χ4n) is 3.34. The molecule has 6 nitrogen and oxygen atoms in total. The summed E-state index contributed by atoms with van der Waals surface area (Å²) in [5, 5.41) is 9.38. The molecule has 0 aliphatic carbocycles. The van der Waals surface area contributed by atoms with E-state index in [1.165, 1.54) is 0 Å². The van der Waals surface area contributed by atoms with Gasteiger partial charge in [-0.1, -0.05) is 20.8 Å². The van der Waals surface area contributed by atoms with E-state index in [1.54, 1.807) is 19.1 Å². The zero-order chi connectivity index (χ0) is 19.5. The molecule has 2 rings (SSSR count). The van der Waals surface area contributed by atoms with E-state index in [0.717, 1.165) is 17.5 Å². The molecule has 144 valence electrons. The lowest BCUT2D eigenvalue weighted by Crippen LogP contribution is -2.41. The monoisotopic (exact) mass is 363 g/mol. The number of hydrogen-bond acceptors (Lipinski definition) is 4. The highest BCUT2D eigenvalue weighted by atomic mass is 16.5. The van der Waals surface area contributed by atoms with Crippen molar-refractivity contribution < 1.29 is 24.2 Å². The molecule has 6 heteroatoms. The van der Waals surface area contributed by atoms with Gasteiger partial charge in [-0.25, -0.2) is 0 Å². The zero-order valence-corrected chi connectivity index (χ0v) is 16.3. The number of rotatable bonds is 6. The number of amides is 1. The van der Waals surface area contributed by atoms with Crippen LogP contribution in [-0.2, 0) is 16.0 Å².